The Morgan fingerprint density at radius 2 is 1.57 bits per heavy atom. The summed E-state index contributed by atoms with van der Waals surface area (Å²) in [6.07, 6.45) is 0. The Labute approximate surface area is 146 Å². The first kappa shape index (κ1) is 15.9. The van der Waals surface area contributed by atoms with E-state index in [1.807, 2.05) is 36.4 Å². The van der Waals surface area contributed by atoms with E-state index in [0.29, 0.717) is 10.0 Å². The Hall–Kier alpha value is -1.96. The van der Waals surface area contributed by atoms with Gasteiger partial charge in [-0.1, -0.05) is 71.2 Å². The van der Waals surface area contributed by atoms with E-state index < -0.39 is 0 Å². The summed E-state index contributed by atoms with van der Waals surface area (Å²) in [5.74, 6) is 0.809. The minimum absolute atomic E-state index is 0.551. The molecule has 116 valence electrons. The van der Waals surface area contributed by atoms with Gasteiger partial charge in [0.05, 0.1) is 17.2 Å². The smallest absolute Gasteiger partial charge is 0.119 e. The molecule has 0 amide bonds. The highest BCUT2D eigenvalue weighted by molar-refractivity contribution is 6.43. The Morgan fingerprint density at radius 3 is 2.30 bits per heavy atom. The van der Waals surface area contributed by atoms with Crippen molar-refractivity contribution in [3.05, 3.63) is 76.3 Å². The first-order valence-electron chi connectivity index (χ1n) is 7.29. The van der Waals surface area contributed by atoms with Crippen LogP contribution in [-0.2, 0) is 0 Å². The van der Waals surface area contributed by atoms with Crippen molar-refractivity contribution in [2.45, 2.75) is 6.92 Å². The van der Waals surface area contributed by atoms with E-state index in [4.69, 9.17) is 27.9 Å². The molecule has 0 aromatic heterocycles. The molecule has 0 aliphatic carbocycles. The summed E-state index contributed by atoms with van der Waals surface area (Å²) < 4.78 is 5.39. The zero-order valence-corrected chi connectivity index (χ0v) is 14.4. The Bertz CT molecular complexity index is 856. The lowest BCUT2D eigenvalue weighted by Gasteiger charge is -2.14. The molecule has 0 saturated carbocycles. The van der Waals surface area contributed by atoms with E-state index in [9.17, 15) is 0 Å². The second kappa shape index (κ2) is 6.66. The lowest BCUT2D eigenvalue weighted by atomic mass is 9.93. The zero-order chi connectivity index (χ0) is 16.4. The lowest BCUT2D eigenvalue weighted by Crippen LogP contribution is -1.90. The molecule has 3 rings (SSSR count). The molecular weight excluding hydrogens is 327 g/mol. The van der Waals surface area contributed by atoms with E-state index in [2.05, 4.69) is 25.1 Å². The predicted molar refractivity (Wildman–Crippen MR) is 98.6 cm³/mol. The molecule has 0 spiro atoms. The minimum Gasteiger partial charge on any atom is -0.497 e. The van der Waals surface area contributed by atoms with Crippen molar-refractivity contribution in [1.82, 2.24) is 0 Å². The second-order valence-corrected chi connectivity index (χ2v) is 6.17. The van der Waals surface area contributed by atoms with Gasteiger partial charge in [-0.2, -0.15) is 0 Å². The largest absolute Gasteiger partial charge is 0.497 e. The predicted octanol–water partition coefficient (Wildman–Crippen LogP) is 6.64. The van der Waals surface area contributed by atoms with Crippen LogP contribution < -0.4 is 4.74 Å². The molecule has 3 aromatic carbocycles. The molecule has 0 radical (unpaired) electrons. The van der Waals surface area contributed by atoms with Crippen LogP contribution in [0.5, 0.6) is 5.75 Å². The fourth-order valence-corrected chi connectivity index (χ4v) is 3.05. The van der Waals surface area contributed by atoms with Gasteiger partial charge in [-0.3, -0.25) is 0 Å². The Morgan fingerprint density at radius 1 is 0.783 bits per heavy atom. The molecule has 1 nitrogen and oxygen atoms in total. The molecular formula is C20H16Cl2O. The SMILES string of the molecule is COc1ccc(-c2cccc(Cl)c2Cl)c(-c2cccc(C)c2)c1. The minimum atomic E-state index is 0.551. The van der Waals surface area contributed by atoms with Crippen LogP contribution in [0.4, 0.5) is 0 Å². The van der Waals surface area contributed by atoms with Crippen molar-refractivity contribution in [2.24, 2.45) is 0 Å². The molecule has 0 N–H and O–H groups in total. The molecule has 0 heterocycles. The number of benzene rings is 3. The molecule has 3 aromatic rings. The van der Waals surface area contributed by atoms with Crippen LogP contribution in [0.15, 0.2) is 60.7 Å². The number of rotatable bonds is 3. The van der Waals surface area contributed by atoms with Gasteiger partial charge in [-0.05, 0) is 41.8 Å². The maximum Gasteiger partial charge on any atom is 0.119 e. The maximum absolute atomic E-state index is 6.43. The highest BCUT2D eigenvalue weighted by Gasteiger charge is 2.13. The molecule has 0 aliphatic rings. The average Bonchev–Trinajstić information content (AvgIpc) is 2.57. The van der Waals surface area contributed by atoms with Crippen LogP contribution in [0, 0.1) is 6.92 Å². The monoisotopic (exact) mass is 342 g/mol. The van der Waals surface area contributed by atoms with Crippen molar-refractivity contribution in [1.29, 1.82) is 0 Å². The quantitative estimate of drug-likeness (QED) is 0.518. The second-order valence-electron chi connectivity index (χ2n) is 5.38. The van der Waals surface area contributed by atoms with Gasteiger partial charge >= 0.3 is 0 Å². The van der Waals surface area contributed by atoms with Crippen LogP contribution in [0.3, 0.4) is 0 Å². The normalized spacial score (nSPS) is 10.6. The summed E-state index contributed by atoms with van der Waals surface area (Å²) in [7, 11) is 1.67. The number of ether oxygens (including phenoxy) is 1. The van der Waals surface area contributed by atoms with Crippen LogP contribution in [0.25, 0.3) is 22.3 Å². The number of methoxy groups -OCH3 is 1. The fraction of sp³-hybridized carbons (Fsp3) is 0.100. The van der Waals surface area contributed by atoms with E-state index in [-0.39, 0.29) is 0 Å². The van der Waals surface area contributed by atoms with Crippen LogP contribution in [0.2, 0.25) is 10.0 Å². The van der Waals surface area contributed by atoms with E-state index in [0.717, 1.165) is 28.0 Å². The lowest BCUT2D eigenvalue weighted by molar-refractivity contribution is 0.415. The highest BCUT2D eigenvalue weighted by atomic mass is 35.5. The van der Waals surface area contributed by atoms with Gasteiger partial charge in [0, 0.05) is 5.56 Å². The van der Waals surface area contributed by atoms with Crippen LogP contribution in [-0.4, -0.2) is 7.11 Å². The summed E-state index contributed by atoms with van der Waals surface area (Å²) in [6, 6.07) is 20.0. The first-order chi connectivity index (χ1) is 11.1. The van der Waals surface area contributed by atoms with Gasteiger partial charge in [0.1, 0.15) is 5.75 Å². The first-order valence-corrected chi connectivity index (χ1v) is 8.05. The molecule has 0 aliphatic heterocycles. The van der Waals surface area contributed by atoms with E-state index >= 15 is 0 Å². The number of hydrogen-bond acceptors (Lipinski definition) is 1. The average molecular weight is 343 g/mol. The summed E-state index contributed by atoms with van der Waals surface area (Å²) in [4.78, 5) is 0. The van der Waals surface area contributed by atoms with Gasteiger partial charge in [-0.15, -0.1) is 0 Å². The van der Waals surface area contributed by atoms with E-state index in [1.54, 1.807) is 13.2 Å². The number of hydrogen-bond donors (Lipinski definition) is 0. The number of halogens is 2. The third-order valence-corrected chi connectivity index (χ3v) is 4.62. The molecule has 23 heavy (non-hydrogen) atoms. The molecule has 3 heteroatoms. The molecule has 0 unspecified atom stereocenters. The molecule has 0 fully saturated rings. The fourth-order valence-electron chi connectivity index (χ4n) is 2.65. The standard InChI is InChI=1S/C20H16Cl2O/c1-13-5-3-6-14(11-13)18-12-15(23-2)9-10-16(18)17-7-4-8-19(21)20(17)22/h3-12H,1-2H3. The summed E-state index contributed by atoms with van der Waals surface area (Å²) >= 11 is 12.6. The topological polar surface area (TPSA) is 9.23 Å². The molecule has 0 bridgehead atoms. The van der Waals surface area contributed by atoms with Gasteiger partial charge in [-0.25, -0.2) is 0 Å². The van der Waals surface area contributed by atoms with Crippen molar-refractivity contribution < 1.29 is 4.74 Å². The Kier molecular flexibility index (Phi) is 4.61. The van der Waals surface area contributed by atoms with Crippen LogP contribution >= 0.6 is 23.2 Å². The van der Waals surface area contributed by atoms with Gasteiger partial charge in [0.15, 0.2) is 0 Å². The van der Waals surface area contributed by atoms with Gasteiger partial charge < -0.3 is 4.74 Å². The van der Waals surface area contributed by atoms with Crippen LogP contribution in [0.1, 0.15) is 5.56 Å². The molecule has 0 saturated heterocycles. The van der Waals surface area contributed by atoms with Crippen molar-refractivity contribution >= 4 is 23.2 Å². The van der Waals surface area contributed by atoms with Crippen molar-refractivity contribution in [2.75, 3.05) is 7.11 Å². The summed E-state index contributed by atoms with van der Waals surface area (Å²) in [6.45, 7) is 2.08. The number of aryl methyl sites for hydroxylation is 1. The van der Waals surface area contributed by atoms with Gasteiger partial charge in [0.2, 0.25) is 0 Å². The maximum atomic E-state index is 6.43. The van der Waals surface area contributed by atoms with Crippen molar-refractivity contribution in [3.63, 3.8) is 0 Å². The van der Waals surface area contributed by atoms with Crippen molar-refractivity contribution in [3.8, 4) is 28.0 Å². The van der Waals surface area contributed by atoms with E-state index in [1.165, 1.54) is 5.56 Å². The van der Waals surface area contributed by atoms with Gasteiger partial charge in [0.25, 0.3) is 0 Å². The molecule has 0 atom stereocenters. The summed E-state index contributed by atoms with van der Waals surface area (Å²) in [5.41, 5.74) is 5.34. The Balaban J connectivity index is 2.27. The third kappa shape index (κ3) is 3.21. The zero-order valence-electron chi connectivity index (χ0n) is 12.9. The highest BCUT2D eigenvalue weighted by Crippen LogP contribution is 2.40. The third-order valence-electron chi connectivity index (χ3n) is 3.80. The summed E-state index contributed by atoms with van der Waals surface area (Å²) in [5, 5.41) is 1.11.